The zero-order valence-corrected chi connectivity index (χ0v) is 14.4. The minimum Gasteiger partial charge on any atom is -0.386 e. The van der Waals surface area contributed by atoms with Crippen LogP contribution in [0.1, 0.15) is 29.3 Å². The van der Waals surface area contributed by atoms with E-state index in [9.17, 15) is 25.1 Å². The number of benzene rings is 2. The molecule has 1 fully saturated rings. The highest BCUT2D eigenvalue weighted by atomic mass is 16.6. The Morgan fingerprint density at radius 3 is 2.19 bits per heavy atom. The van der Waals surface area contributed by atoms with Gasteiger partial charge in [-0.15, -0.1) is 0 Å². The number of ketones is 1. The molecular weight excluding hydrogens is 334 g/mol. The molecule has 0 aliphatic heterocycles. The van der Waals surface area contributed by atoms with Crippen molar-refractivity contribution in [2.75, 3.05) is 0 Å². The van der Waals surface area contributed by atoms with Crippen molar-refractivity contribution in [2.24, 2.45) is 11.8 Å². The number of rotatable bonds is 4. The summed E-state index contributed by atoms with van der Waals surface area (Å²) in [6.45, 7) is 1.73. The molecule has 0 saturated heterocycles. The van der Waals surface area contributed by atoms with E-state index >= 15 is 0 Å². The van der Waals surface area contributed by atoms with Gasteiger partial charge in [-0.3, -0.25) is 14.9 Å². The molecule has 6 nitrogen and oxygen atoms in total. The number of nitrogens with zero attached hydrogens (tertiary/aromatic N) is 1. The van der Waals surface area contributed by atoms with Crippen molar-refractivity contribution in [2.45, 2.75) is 31.1 Å². The Kier molecular flexibility index (Phi) is 4.89. The van der Waals surface area contributed by atoms with Gasteiger partial charge in [0.25, 0.3) is 6.04 Å². The summed E-state index contributed by atoms with van der Waals surface area (Å²) in [5.74, 6) is -1.83. The van der Waals surface area contributed by atoms with Crippen LogP contribution < -0.4 is 0 Å². The van der Waals surface area contributed by atoms with Crippen molar-refractivity contribution in [3.05, 3.63) is 81.9 Å². The lowest BCUT2D eigenvalue weighted by molar-refractivity contribution is -0.567. The van der Waals surface area contributed by atoms with Gasteiger partial charge in [-0.05, 0) is 17.9 Å². The van der Waals surface area contributed by atoms with Crippen LogP contribution in [-0.2, 0) is 5.60 Å². The smallest absolute Gasteiger partial charge is 0.271 e. The lowest BCUT2D eigenvalue weighted by Crippen LogP contribution is -2.62. The molecule has 0 spiro atoms. The first kappa shape index (κ1) is 18.2. The summed E-state index contributed by atoms with van der Waals surface area (Å²) in [6.07, 6.45) is -1.27. The fourth-order valence-electron chi connectivity index (χ4n) is 4.15. The van der Waals surface area contributed by atoms with Gasteiger partial charge in [-0.25, -0.2) is 0 Å². The zero-order chi connectivity index (χ0) is 18.9. The summed E-state index contributed by atoms with van der Waals surface area (Å²) < 4.78 is 0. The Morgan fingerprint density at radius 2 is 1.65 bits per heavy atom. The SMILES string of the molecule is C[C@H]1C[C@@H](O)[C@H]([N+](=O)[O-])[C@@](O)(c2ccccc2)[C@@H]1C(=O)c1ccccc1. The molecule has 3 rings (SSSR count). The number of aliphatic hydroxyl groups excluding tert-OH is 1. The molecule has 1 aliphatic rings. The van der Waals surface area contributed by atoms with Crippen LogP contribution in [0.5, 0.6) is 0 Å². The first-order valence-electron chi connectivity index (χ1n) is 8.56. The lowest BCUT2D eigenvalue weighted by atomic mass is 9.61. The van der Waals surface area contributed by atoms with E-state index in [0.717, 1.165) is 0 Å². The molecule has 1 aliphatic carbocycles. The van der Waals surface area contributed by atoms with Gasteiger partial charge in [-0.2, -0.15) is 0 Å². The van der Waals surface area contributed by atoms with Crippen LogP contribution in [0.2, 0.25) is 0 Å². The fourth-order valence-corrected chi connectivity index (χ4v) is 4.15. The molecule has 0 unspecified atom stereocenters. The van der Waals surface area contributed by atoms with E-state index < -0.39 is 34.5 Å². The maximum Gasteiger partial charge on any atom is 0.271 e. The summed E-state index contributed by atoms with van der Waals surface area (Å²) in [6, 6.07) is 14.9. The fraction of sp³-hybridized carbons (Fsp3) is 0.350. The Balaban J connectivity index is 2.18. The Bertz CT molecular complexity index is 794. The van der Waals surface area contributed by atoms with Gasteiger partial charge in [0.1, 0.15) is 6.10 Å². The van der Waals surface area contributed by atoms with Crippen molar-refractivity contribution in [1.29, 1.82) is 0 Å². The van der Waals surface area contributed by atoms with Gasteiger partial charge < -0.3 is 10.2 Å². The van der Waals surface area contributed by atoms with Crippen LogP contribution in [0.3, 0.4) is 0 Å². The molecule has 0 radical (unpaired) electrons. The van der Waals surface area contributed by atoms with Gasteiger partial charge in [-0.1, -0.05) is 67.6 Å². The molecule has 5 atom stereocenters. The van der Waals surface area contributed by atoms with Gasteiger partial charge in [0.05, 0.1) is 5.92 Å². The zero-order valence-electron chi connectivity index (χ0n) is 14.4. The van der Waals surface area contributed by atoms with E-state index in [1.807, 2.05) is 0 Å². The van der Waals surface area contributed by atoms with Crippen molar-refractivity contribution in [3.8, 4) is 0 Å². The van der Waals surface area contributed by atoms with Crippen LogP contribution in [-0.4, -0.2) is 33.1 Å². The van der Waals surface area contributed by atoms with E-state index in [0.29, 0.717) is 5.56 Å². The molecule has 2 aromatic carbocycles. The predicted octanol–water partition coefficient (Wildman–Crippen LogP) is 2.42. The molecule has 6 heteroatoms. The lowest BCUT2D eigenvalue weighted by Gasteiger charge is -2.46. The highest BCUT2D eigenvalue weighted by Gasteiger charge is 2.63. The molecule has 0 bridgehead atoms. The van der Waals surface area contributed by atoms with E-state index in [1.54, 1.807) is 67.6 Å². The van der Waals surface area contributed by atoms with Crippen molar-refractivity contribution >= 4 is 5.78 Å². The molecule has 2 aromatic rings. The molecule has 0 amide bonds. The number of hydrogen-bond donors (Lipinski definition) is 2. The second-order valence-electron chi connectivity index (χ2n) is 6.91. The van der Waals surface area contributed by atoms with Crippen LogP contribution in [0.25, 0.3) is 0 Å². The van der Waals surface area contributed by atoms with Gasteiger partial charge >= 0.3 is 0 Å². The number of Topliss-reactive ketones (excluding diaryl/α,β-unsaturated/α-hetero) is 1. The summed E-state index contributed by atoms with van der Waals surface area (Å²) >= 11 is 0. The topological polar surface area (TPSA) is 101 Å². The molecule has 26 heavy (non-hydrogen) atoms. The van der Waals surface area contributed by atoms with Crippen molar-refractivity contribution in [3.63, 3.8) is 0 Å². The molecule has 0 aromatic heterocycles. The second kappa shape index (κ2) is 6.97. The van der Waals surface area contributed by atoms with Crippen molar-refractivity contribution in [1.82, 2.24) is 0 Å². The maximum atomic E-state index is 13.2. The summed E-state index contributed by atoms with van der Waals surface area (Å²) in [4.78, 5) is 24.3. The van der Waals surface area contributed by atoms with Crippen LogP contribution >= 0.6 is 0 Å². The molecule has 1 saturated carbocycles. The Hall–Kier alpha value is -2.57. The number of hydrogen-bond acceptors (Lipinski definition) is 5. The van der Waals surface area contributed by atoms with E-state index in [4.69, 9.17) is 0 Å². The molecule has 136 valence electrons. The maximum absolute atomic E-state index is 13.2. The van der Waals surface area contributed by atoms with Crippen molar-refractivity contribution < 1.29 is 19.9 Å². The number of carbonyl (C=O) groups excluding carboxylic acids is 1. The predicted molar refractivity (Wildman–Crippen MR) is 95.2 cm³/mol. The van der Waals surface area contributed by atoms with E-state index in [2.05, 4.69) is 0 Å². The summed E-state index contributed by atoms with van der Waals surface area (Å²) in [5, 5.41) is 33.7. The van der Waals surface area contributed by atoms with E-state index in [-0.39, 0.29) is 17.8 Å². The third kappa shape index (κ3) is 2.91. The largest absolute Gasteiger partial charge is 0.386 e. The highest BCUT2D eigenvalue weighted by molar-refractivity contribution is 5.99. The summed E-state index contributed by atoms with van der Waals surface area (Å²) in [7, 11) is 0. The van der Waals surface area contributed by atoms with E-state index in [1.165, 1.54) is 0 Å². The second-order valence-corrected chi connectivity index (χ2v) is 6.91. The third-order valence-electron chi connectivity index (χ3n) is 5.28. The van der Waals surface area contributed by atoms with Gasteiger partial charge in [0, 0.05) is 10.5 Å². The first-order chi connectivity index (χ1) is 12.4. The number of nitro groups is 1. The van der Waals surface area contributed by atoms with Crippen LogP contribution in [0.4, 0.5) is 0 Å². The third-order valence-corrected chi connectivity index (χ3v) is 5.28. The highest BCUT2D eigenvalue weighted by Crippen LogP contribution is 2.47. The average molecular weight is 355 g/mol. The van der Waals surface area contributed by atoms with Crippen LogP contribution in [0, 0.1) is 22.0 Å². The minimum absolute atomic E-state index is 0.0734. The first-order valence-corrected chi connectivity index (χ1v) is 8.56. The molecular formula is C20H21NO5. The molecule has 2 N–H and O–H groups in total. The number of carbonyl (C=O) groups is 1. The minimum atomic E-state index is -2.10. The monoisotopic (exact) mass is 355 g/mol. The molecule has 0 heterocycles. The Morgan fingerprint density at radius 1 is 1.12 bits per heavy atom. The normalized spacial score (nSPS) is 31.3. The quantitative estimate of drug-likeness (QED) is 0.498. The number of aliphatic hydroxyl groups is 2. The standard InChI is InChI=1S/C20H21NO5/c1-13-12-16(22)19(21(25)26)20(24,15-10-6-3-7-11-15)17(13)18(23)14-8-4-2-5-9-14/h2-11,13,16-17,19,22,24H,12H2,1H3/t13-,16+,17-,19-,20+/m0/s1. The Labute approximate surface area is 151 Å². The van der Waals surface area contributed by atoms with Gasteiger partial charge in [0.15, 0.2) is 11.4 Å². The van der Waals surface area contributed by atoms with Crippen LogP contribution in [0.15, 0.2) is 60.7 Å². The van der Waals surface area contributed by atoms with Gasteiger partial charge in [0.2, 0.25) is 0 Å². The average Bonchev–Trinajstić information content (AvgIpc) is 2.62. The summed E-state index contributed by atoms with van der Waals surface area (Å²) in [5.41, 5.74) is -1.45.